The SMILES string of the molecule is CC(C)(C)C(=O)C1=C(O)C(=O)N(Cc2ccccc2)C1c1ccccc1[N+](=O)[O-]. The van der Waals surface area contributed by atoms with Crippen LogP contribution in [-0.2, 0) is 16.1 Å². The van der Waals surface area contributed by atoms with Crippen molar-refractivity contribution in [3.63, 3.8) is 0 Å². The van der Waals surface area contributed by atoms with Gasteiger partial charge in [-0.15, -0.1) is 0 Å². The Morgan fingerprint density at radius 1 is 1.10 bits per heavy atom. The second-order valence-electron chi connectivity index (χ2n) is 7.98. The number of nitro groups is 1. The number of carbonyl (C=O) groups excluding carboxylic acids is 2. The van der Waals surface area contributed by atoms with Gasteiger partial charge in [-0.2, -0.15) is 0 Å². The second-order valence-corrected chi connectivity index (χ2v) is 7.98. The Kier molecular flexibility index (Phi) is 5.24. The summed E-state index contributed by atoms with van der Waals surface area (Å²) in [5.74, 6) is -1.80. The maximum atomic E-state index is 13.1. The lowest BCUT2D eigenvalue weighted by Crippen LogP contribution is -2.32. The molecular formula is C22H22N2O5. The molecule has 0 radical (unpaired) electrons. The quantitative estimate of drug-likeness (QED) is 0.608. The third kappa shape index (κ3) is 3.76. The molecule has 0 saturated carbocycles. The van der Waals surface area contributed by atoms with E-state index in [2.05, 4.69) is 0 Å². The van der Waals surface area contributed by atoms with Crippen molar-refractivity contribution in [2.75, 3.05) is 0 Å². The van der Waals surface area contributed by atoms with Crippen LogP contribution < -0.4 is 0 Å². The Hall–Kier alpha value is -3.48. The zero-order valence-electron chi connectivity index (χ0n) is 16.5. The molecule has 3 rings (SSSR count). The number of aliphatic hydroxyl groups excluding tert-OH is 1. The third-order valence-corrected chi connectivity index (χ3v) is 4.85. The highest BCUT2D eigenvalue weighted by molar-refractivity contribution is 6.10. The standard InChI is InChI=1S/C22H22N2O5/c1-22(2,3)20(26)17-18(15-11-7-8-12-16(15)24(28)29)23(21(27)19(17)25)13-14-9-5-4-6-10-14/h4-12,18,25H,13H2,1-3H3. The maximum Gasteiger partial charge on any atom is 0.290 e. The smallest absolute Gasteiger partial charge is 0.290 e. The highest BCUT2D eigenvalue weighted by Crippen LogP contribution is 2.44. The summed E-state index contributed by atoms with van der Waals surface area (Å²) in [6.07, 6.45) is 0. The van der Waals surface area contributed by atoms with Crippen LogP contribution in [0.25, 0.3) is 0 Å². The van der Waals surface area contributed by atoms with Crippen molar-refractivity contribution >= 4 is 17.4 Å². The summed E-state index contributed by atoms with van der Waals surface area (Å²) in [7, 11) is 0. The van der Waals surface area contributed by atoms with Gasteiger partial charge in [-0.05, 0) is 11.6 Å². The van der Waals surface area contributed by atoms with Gasteiger partial charge in [-0.1, -0.05) is 63.2 Å². The van der Waals surface area contributed by atoms with E-state index < -0.39 is 33.8 Å². The van der Waals surface area contributed by atoms with Crippen molar-refractivity contribution in [2.45, 2.75) is 33.4 Å². The Morgan fingerprint density at radius 2 is 1.69 bits per heavy atom. The molecule has 1 aliphatic heterocycles. The molecule has 1 unspecified atom stereocenters. The number of nitro benzene ring substituents is 1. The molecule has 0 saturated heterocycles. The van der Waals surface area contributed by atoms with Crippen molar-refractivity contribution < 1.29 is 19.6 Å². The number of hydrogen-bond donors (Lipinski definition) is 1. The minimum absolute atomic E-state index is 0.0986. The fourth-order valence-corrected chi connectivity index (χ4v) is 3.44. The number of para-hydroxylation sites is 1. The maximum absolute atomic E-state index is 13.1. The summed E-state index contributed by atoms with van der Waals surface area (Å²) in [4.78, 5) is 38.4. The predicted molar refractivity (Wildman–Crippen MR) is 107 cm³/mol. The topological polar surface area (TPSA) is 101 Å². The van der Waals surface area contributed by atoms with E-state index in [4.69, 9.17) is 0 Å². The first-order chi connectivity index (χ1) is 13.6. The predicted octanol–water partition coefficient (Wildman–Crippen LogP) is 4.11. The number of amides is 1. The largest absolute Gasteiger partial charge is 0.503 e. The Bertz CT molecular complexity index is 1010. The molecule has 0 aliphatic carbocycles. The molecule has 0 bridgehead atoms. The molecule has 29 heavy (non-hydrogen) atoms. The van der Waals surface area contributed by atoms with Crippen LogP contribution in [0.2, 0.25) is 0 Å². The number of benzene rings is 2. The molecule has 1 N–H and O–H groups in total. The van der Waals surface area contributed by atoms with Crippen molar-refractivity contribution in [2.24, 2.45) is 5.41 Å². The van der Waals surface area contributed by atoms with Gasteiger partial charge in [0, 0.05) is 18.0 Å². The van der Waals surface area contributed by atoms with Crippen molar-refractivity contribution in [1.82, 2.24) is 4.90 Å². The highest BCUT2D eigenvalue weighted by atomic mass is 16.6. The fraction of sp³-hybridized carbons (Fsp3) is 0.273. The lowest BCUT2D eigenvalue weighted by Gasteiger charge is -2.28. The minimum atomic E-state index is -1.05. The van der Waals surface area contributed by atoms with E-state index in [0.717, 1.165) is 5.56 Å². The molecule has 7 nitrogen and oxygen atoms in total. The molecule has 2 aromatic carbocycles. The van der Waals surface area contributed by atoms with E-state index in [9.17, 15) is 24.8 Å². The summed E-state index contributed by atoms with van der Waals surface area (Å²) in [6.45, 7) is 5.13. The summed E-state index contributed by atoms with van der Waals surface area (Å²) >= 11 is 0. The zero-order chi connectivity index (χ0) is 21.3. The number of Topliss-reactive ketones (excluding diaryl/α,β-unsaturated/α-hetero) is 1. The van der Waals surface area contributed by atoms with Crippen LogP contribution in [0.5, 0.6) is 0 Å². The molecule has 0 fully saturated rings. The Morgan fingerprint density at radius 3 is 2.28 bits per heavy atom. The van der Waals surface area contributed by atoms with Gasteiger partial charge in [0.15, 0.2) is 11.5 Å². The van der Waals surface area contributed by atoms with Gasteiger partial charge in [0.2, 0.25) is 0 Å². The third-order valence-electron chi connectivity index (χ3n) is 4.85. The normalized spacial score (nSPS) is 17.0. The van der Waals surface area contributed by atoms with Gasteiger partial charge in [0.05, 0.1) is 22.1 Å². The number of aliphatic hydroxyl groups is 1. The van der Waals surface area contributed by atoms with E-state index in [-0.39, 0.29) is 23.4 Å². The molecule has 1 aliphatic rings. The van der Waals surface area contributed by atoms with Crippen LogP contribution in [-0.4, -0.2) is 26.6 Å². The Labute approximate surface area is 168 Å². The first kappa shape index (κ1) is 20.3. The lowest BCUT2D eigenvalue weighted by atomic mass is 9.82. The molecule has 150 valence electrons. The monoisotopic (exact) mass is 394 g/mol. The van der Waals surface area contributed by atoms with Crippen LogP contribution in [0.3, 0.4) is 0 Å². The van der Waals surface area contributed by atoms with Gasteiger partial charge < -0.3 is 10.0 Å². The van der Waals surface area contributed by atoms with Gasteiger partial charge in [0.25, 0.3) is 11.6 Å². The average Bonchev–Trinajstić information content (AvgIpc) is 2.92. The molecule has 0 aromatic heterocycles. The first-order valence-electron chi connectivity index (χ1n) is 9.19. The minimum Gasteiger partial charge on any atom is -0.503 e. The molecule has 1 atom stereocenters. The summed E-state index contributed by atoms with van der Waals surface area (Å²) in [6, 6.07) is 14.0. The van der Waals surface area contributed by atoms with Crippen LogP contribution in [0, 0.1) is 15.5 Å². The van der Waals surface area contributed by atoms with Crippen molar-refractivity contribution in [3.05, 3.63) is 87.2 Å². The summed E-state index contributed by atoms with van der Waals surface area (Å²) < 4.78 is 0. The van der Waals surface area contributed by atoms with Crippen molar-refractivity contribution in [3.8, 4) is 0 Å². The number of rotatable bonds is 5. The average molecular weight is 394 g/mol. The van der Waals surface area contributed by atoms with Gasteiger partial charge >= 0.3 is 0 Å². The van der Waals surface area contributed by atoms with E-state index >= 15 is 0 Å². The van der Waals surface area contributed by atoms with E-state index in [1.165, 1.54) is 23.1 Å². The Balaban J connectivity index is 2.19. The van der Waals surface area contributed by atoms with Gasteiger partial charge in [-0.25, -0.2) is 0 Å². The number of nitrogens with zero attached hydrogens (tertiary/aromatic N) is 2. The fourth-order valence-electron chi connectivity index (χ4n) is 3.44. The highest BCUT2D eigenvalue weighted by Gasteiger charge is 2.47. The number of carbonyl (C=O) groups is 2. The molecule has 2 aromatic rings. The summed E-state index contributed by atoms with van der Waals surface area (Å²) in [5, 5.41) is 22.2. The van der Waals surface area contributed by atoms with Gasteiger partial charge in [-0.3, -0.25) is 19.7 Å². The number of hydrogen-bond acceptors (Lipinski definition) is 5. The molecule has 7 heteroatoms. The van der Waals surface area contributed by atoms with Crippen LogP contribution in [0.4, 0.5) is 5.69 Å². The molecule has 1 heterocycles. The zero-order valence-corrected chi connectivity index (χ0v) is 16.5. The van der Waals surface area contributed by atoms with E-state index in [1.807, 2.05) is 30.3 Å². The molecule has 1 amide bonds. The molecular weight excluding hydrogens is 372 g/mol. The first-order valence-corrected chi connectivity index (χ1v) is 9.19. The number of ketones is 1. The molecule has 0 spiro atoms. The van der Waals surface area contributed by atoms with Crippen LogP contribution in [0.15, 0.2) is 65.9 Å². The van der Waals surface area contributed by atoms with Crippen molar-refractivity contribution in [1.29, 1.82) is 0 Å². The lowest BCUT2D eigenvalue weighted by molar-refractivity contribution is -0.385. The van der Waals surface area contributed by atoms with Crippen LogP contribution >= 0.6 is 0 Å². The summed E-state index contributed by atoms with van der Waals surface area (Å²) in [5.41, 5.74) is -0.223. The van der Waals surface area contributed by atoms with E-state index in [0.29, 0.717) is 0 Å². The second kappa shape index (κ2) is 7.50. The van der Waals surface area contributed by atoms with Crippen LogP contribution in [0.1, 0.15) is 37.9 Å². The van der Waals surface area contributed by atoms with Gasteiger partial charge in [0.1, 0.15) is 0 Å². The van der Waals surface area contributed by atoms with E-state index in [1.54, 1.807) is 26.8 Å².